The van der Waals surface area contributed by atoms with Crippen molar-refractivity contribution in [1.29, 1.82) is 0 Å². The van der Waals surface area contributed by atoms with Crippen LogP contribution in [0.5, 0.6) is 0 Å². The maximum Gasteiger partial charge on any atom is 0.221 e. The summed E-state index contributed by atoms with van der Waals surface area (Å²) in [6, 6.07) is 0.461. The second-order valence-corrected chi connectivity index (χ2v) is 7.12. The first-order chi connectivity index (χ1) is 8.79. The first-order valence-electron chi connectivity index (χ1n) is 7.79. The average Bonchev–Trinajstić information content (AvgIpc) is 2.52. The van der Waals surface area contributed by atoms with Crippen molar-refractivity contribution in [3.8, 4) is 0 Å². The molecule has 4 aliphatic carbocycles. The molecule has 1 unspecified atom stereocenters. The minimum absolute atomic E-state index is 0.263. The van der Waals surface area contributed by atoms with E-state index in [9.17, 15) is 4.79 Å². The topological polar surface area (TPSA) is 41.1 Å². The molecule has 1 saturated heterocycles. The Morgan fingerprint density at radius 3 is 2.22 bits per heavy atom. The molecule has 0 aromatic carbocycles. The first kappa shape index (κ1) is 11.3. The van der Waals surface area contributed by atoms with Gasteiger partial charge in [-0.05, 0) is 61.7 Å². The molecule has 0 radical (unpaired) electrons. The van der Waals surface area contributed by atoms with E-state index in [0.717, 1.165) is 42.7 Å². The van der Waals surface area contributed by atoms with E-state index in [-0.39, 0.29) is 5.91 Å². The Morgan fingerprint density at radius 2 is 1.56 bits per heavy atom. The van der Waals surface area contributed by atoms with Crippen molar-refractivity contribution in [2.45, 2.75) is 44.6 Å². The molecule has 1 aliphatic heterocycles. The Kier molecular flexibility index (Phi) is 2.65. The summed E-state index contributed by atoms with van der Waals surface area (Å²) >= 11 is 0. The maximum atomic E-state index is 11.8. The van der Waals surface area contributed by atoms with Crippen LogP contribution in [-0.2, 0) is 4.79 Å². The molecule has 18 heavy (non-hydrogen) atoms. The van der Waals surface area contributed by atoms with Gasteiger partial charge in [0, 0.05) is 25.6 Å². The lowest BCUT2D eigenvalue weighted by atomic mass is 9.50. The van der Waals surface area contributed by atoms with Gasteiger partial charge in [0.1, 0.15) is 0 Å². The lowest BCUT2D eigenvalue weighted by Crippen LogP contribution is -2.53. The summed E-state index contributed by atoms with van der Waals surface area (Å²) in [4.78, 5) is 11.8. The summed E-state index contributed by atoms with van der Waals surface area (Å²) in [5.41, 5.74) is 0. The number of rotatable bonds is 1. The van der Waals surface area contributed by atoms with E-state index < -0.39 is 0 Å². The summed E-state index contributed by atoms with van der Waals surface area (Å²) < 4.78 is 0. The van der Waals surface area contributed by atoms with Crippen molar-refractivity contribution >= 4 is 5.91 Å². The second kappa shape index (κ2) is 4.22. The molecule has 1 amide bonds. The maximum absolute atomic E-state index is 11.8. The van der Waals surface area contributed by atoms with Crippen LogP contribution >= 0.6 is 0 Å². The van der Waals surface area contributed by atoms with Crippen molar-refractivity contribution < 1.29 is 4.79 Å². The van der Waals surface area contributed by atoms with Gasteiger partial charge in [0.15, 0.2) is 0 Å². The highest BCUT2D eigenvalue weighted by atomic mass is 16.1. The third-order valence-electron chi connectivity index (χ3n) is 6.02. The molecule has 4 saturated carbocycles. The third-order valence-corrected chi connectivity index (χ3v) is 6.02. The Hall–Kier alpha value is -0.570. The smallest absolute Gasteiger partial charge is 0.221 e. The summed E-state index contributed by atoms with van der Waals surface area (Å²) in [5, 5.41) is 6.65. The van der Waals surface area contributed by atoms with Crippen LogP contribution in [0.2, 0.25) is 0 Å². The van der Waals surface area contributed by atoms with E-state index in [0.29, 0.717) is 12.5 Å². The van der Waals surface area contributed by atoms with E-state index in [4.69, 9.17) is 0 Å². The van der Waals surface area contributed by atoms with Gasteiger partial charge >= 0.3 is 0 Å². The molecule has 3 nitrogen and oxygen atoms in total. The van der Waals surface area contributed by atoms with Gasteiger partial charge < -0.3 is 10.6 Å². The quantitative estimate of drug-likeness (QED) is 0.739. The Morgan fingerprint density at radius 1 is 0.889 bits per heavy atom. The van der Waals surface area contributed by atoms with Crippen LogP contribution in [0.25, 0.3) is 0 Å². The fourth-order valence-corrected chi connectivity index (χ4v) is 5.70. The van der Waals surface area contributed by atoms with Crippen molar-refractivity contribution in [2.24, 2.45) is 29.6 Å². The molecule has 4 bridgehead atoms. The van der Waals surface area contributed by atoms with Gasteiger partial charge in [-0.15, -0.1) is 0 Å². The zero-order valence-corrected chi connectivity index (χ0v) is 11.0. The van der Waals surface area contributed by atoms with Gasteiger partial charge in [0.2, 0.25) is 5.91 Å². The van der Waals surface area contributed by atoms with E-state index in [2.05, 4.69) is 10.6 Å². The Bertz CT molecular complexity index is 326. The molecular weight excluding hydrogens is 224 g/mol. The van der Waals surface area contributed by atoms with Gasteiger partial charge in [0.25, 0.3) is 0 Å². The molecule has 5 aliphatic rings. The number of carbonyl (C=O) groups is 1. The first-order valence-corrected chi connectivity index (χ1v) is 7.79. The van der Waals surface area contributed by atoms with Crippen LogP contribution in [0.15, 0.2) is 0 Å². The fraction of sp³-hybridized carbons (Fsp3) is 0.933. The Labute approximate surface area is 109 Å². The van der Waals surface area contributed by atoms with Crippen LogP contribution in [-0.4, -0.2) is 25.0 Å². The fourth-order valence-electron chi connectivity index (χ4n) is 5.70. The summed E-state index contributed by atoms with van der Waals surface area (Å²) in [6.45, 7) is 1.77. The van der Waals surface area contributed by atoms with E-state index in [1.54, 1.807) is 0 Å². The summed E-state index contributed by atoms with van der Waals surface area (Å²) in [5.74, 6) is 4.96. The molecule has 5 rings (SSSR count). The number of hydrogen-bond acceptors (Lipinski definition) is 2. The standard InChI is InChI=1S/C15H24N2O/c18-14-8-13(16-1-2-17-14)15-11-4-9-3-10(6-11)7-12(15)5-9/h9-13,15-16H,1-8H2,(H,17,18). The monoisotopic (exact) mass is 248 g/mol. The molecule has 100 valence electrons. The minimum Gasteiger partial charge on any atom is -0.355 e. The lowest BCUT2D eigenvalue weighted by Gasteiger charge is -2.56. The van der Waals surface area contributed by atoms with Crippen molar-refractivity contribution in [1.82, 2.24) is 10.6 Å². The van der Waals surface area contributed by atoms with Crippen LogP contribution in [0.3, 0.4) is 0 Å². The highest BCUT2D eigenvalue weighted by Crippen LogP contribution is 2.57. The van der Waals surface area contributed by atoms with Crippen LogP contribution in [0.4, 0.5) is 0 Å². The lowest BCUT2D eigenvalue weighted by molar-refractivity contribution is -0.122. The van der Waals surface area contributed by atoms with Crippen LogP contribution in [0.1, 0.15) is 38.5 Å². The van der Waals surface area contributed by atoms with Crippen molar-refractivity contribution in [3.05, 3.63) is 0 Å². The number of amides is 1. The van der Waals surface area contributed by atoms with E-state index in [1.165, 1.54) is 32.1 Å². The predicted molar refractivity (Wildman–Crippen MR) is 70.0 cm³/mol. The molecule has 1 heterocycles. The average molecular weight is 248 g/mol. The Balaban J connectivity index is 1.55. The zero-order valence-electron chi connectivity index (χ0n) is 11.0. The van der Waals surface area contributed by atoms with Gasteiger partial charge in [-0.3, -0.25) is 4.79 Å². The van der Waals surface area contributed by atoms with Crippen molar-refractivity contribution in [2.75, 3.05) is 13.1 Å². The van der Waals surface area contributed by atoms with E-state index >= 15 is 0 Å². The molecule has 1 atom stereocenters. The molecule has 0 aromatic rings. The molecule has 0 aromatic heterocycles. The normalized spacial score (nSPS) is 51.0. The van der Waals surface area contributed by atoms with Gasteiger partial charge in [-0.1, -0.05) is 0 Å². The SMILES string of the molecule is O=C1CC(C2C3CC4CC(C3)CC2C4)NCCN1. The molecule has 0 spiro atoms. The number of hydrogen-bond donors (Lipinski definition) is 2. The number of nitrogens with one attached hydrogen (secondary N) is 2. The van der Waals surface area contributed by atoms with Gasteiger partial charge in [0.05, 0.1) is 0 Å². The largest absolute Gasteiger partial charge is 0.355 e. The highest BCUT2D eigenvalue weighted by Gasteiger charge is 2.50. The van der Waals surface area contributed by atoms with Gasteiger partial charge in [-0.2, -0.15) is 0 Å². The zero-order chi connectivity index (χ0) is 12.1. The second-order valence-electron chi connectivity index (χ2n) is 7.12. The summed E-state index contributed by atoms with van der Waals surface area (Å²) in [6.07, 6.45) is 8.05. The molecule has 5 fully saturated rings. The summed E-state index contributed by atoms with van der Waals surface area (Å²) in [7, 11) is 0. The highest BCUT2D eigenvalue weighted by molar-refractivity contribution is 5.76. The van der Waals surface area contributed by atoms with Crippen LogP contribution < -0.4 is 10.6 Å². The third kappa shape index (κ3) is 1.78. The minimum atomic E-state index is 0.263. The van der Waals surface area contributed by atoms with Crippen LogP contribution in [0, 0.1) is 29.6 Å². The predicted octanol–water partition coefficient (Wildman–Crippen LogP) is 1.54. The van der Waals surface area contributed by atoms with Gasteiger partial charge in [-0.25, -0.2) is 0 Å². The number of carbonyl (C=O) groups excluding carboxylic acids is 1. The van der Waals surface area contributed by atoms with Crippen molar-refractivity contribution in [3.63, 3.8) is 0 Å². The molecule has 3 heteroatoms. The molecular formula is C15H24N2O. The van der Waals surface area contributed by atoms with E-state index in [1.807, 2.05) is 0 Å². The molecule has 2 N–H and O–H groups in total.